The molecule has 8 heteroatoms. The molecule has 0 saturated carbocycles. The van der Waals surface area contributed by atoms with Gasteiger partial charge in [0.05, 0.1) is 17.1 Å². The number of hydrogen-bond acceptors (Lipinski definition) is 5. The number of fused-ring (bicyclic) bond motifs is 1. The normalized spacial score (nSPS) is 16.0. The van der Waals surface area contributed by atoms with E-state index in [0.29, 0.717) is 35.1 Å². The summed E-state index contributed by atoms with van der Waals surface area (Å²) in [6.45, 7) is 0.629. The van der Waals surface area contributed by atoms with E-state index >= 15 is 0 Å². The fraction of sp³-hybridized carbons (Fsp3) is 0.333. The zero-order chi connectivity index (χ0) is 20.6. The van der Waals surface area contributed by atoms with Crippen molar-refractivity contribution >= 4 is 35.2 Å². The van der Waals surface area contributed by atoms with Crippen molar-refractivity contribution in [3.05, 3.63) is 59.1 Å². The van der Waals surface area contributed by atoms with E-state index in [1.54, 1.807) is 36.0 Å². The quantitative estimate of drug-likeness (QED) is 0.667. The molecule has 1 aliphatic heterocycles. The first kappa shape index (κ1) is 21.3. The second kappa shape index (κ2) is 10.4. The van der Waals surface area contributed by atoms with Crippen LogP contribution in [-0.2, 0) is 4.79 Å². The van der Waals surface area contributed by atoms with Crippen LogP contribution < -0.4 is 20.1 Å². The maximum Gasteiger partial charge on any atom is 0.253 e. The van der Waals surface area contributed by atoms with Crippen LogP contribution in [0.15, 0.2) is 48.5 Å². The van der Waals surface area contributed by atoms with Gasteiger partial charge in [-0.1, -0.05) is 35.9 Å². The molecule has 154 valence electrons. The average molecular weight is 435 g/mol. The van der Waals surface area contributed by atoms with E-state index in [1.165, 1.54) is 0 Å². The fourth-order valence-electron chi connectivity index (χ4n) is 2.89. The van der Waals surface area contributed by atoms with E-state index in [-0.39, 0.29) is 24.5 Å². The van der Waals surface area contributed by atoms with Crippen molar-refractivity contribution in [1.29, 1.82) is 0 Å². The Balaban J connectivity index is 1.58. The lowest BCUT2D eigenvalue weighted by molar-refractivity contribution is -0.123. The van der Waals surface area contributed by atoms with Crippen molar-refractivity contribution in [3.8, 4) is 11.5 Å². The number of rotatable bonds is 8. The molecule has 2 aromatic rings. The lowest BCUT2D eigenvalue weighted by Gasteiger charge is -2.27. The molecule has 0 aromatic heterocycles. The Bertz CT molecular complexity index is 864. The Labute approximate surface area is 179 Å². The van der Waals surface area contributed by atoms with Crippen LogP contribution in [0, 0.1) is 0 Å². The Hall–Kier alpha value is -2.38. The summed E-state index contributed by atoms with van der Waals surface area (Å²) >= 11 is 7.70. The number of benzene rings is 2. The monoisotopic (exact) mass is 434 g/mol. The van der Waals surface area contributed by atoms with Crippen LogP contribution in [0.1, 0.15) is 16.8 Å². The maximum absolute atomic E-state index is 12.7. The largest absolute Gasteiger partial charge is 0.486 e. The molecule has 1 aliphatic rings. The molecule has 0 saturated heterocycles. The molecule has 1 heterocycles. The minimum Gasteiger partial charge on any atom is -0.486 e. The third kappa shape index (κ3) is 5.81. The van der Waals surface area contributed by atoms with Crippen LogP contribution in [0.5, 0.6) is 11.5 Å². The lowest BCUT2D eigenvalue weighted by atomic mass is 10.1. The molecular formula is C21H23ClN2O4S. The molecule has 2 N–H and O–H groups in total. The molecule has 2 amide bonds. The first-order chi connectivity index (χ1) is 14.1. The number of nitrogens with one attached hydrogen (secondary N) is 2. The van der Waals surface area contributed by atoms with Crippen molar-refractivity contribution in [2.24, 2.45) is 0 Å². The van der Waals surface area contributed by atoms with E-state index in [2.05, 4.69) is 10.6 Å². The van der Waals surface area contributed by atoms with Gasteiger partial charge in [-0.25, -0.2) is 0 Å². The molecule has 0 spiro atoms. The maximum atomic E-state index is 12.7. The fourth-order valence-corrected chi connectivity index (χ4v) is 3.58. The van der Waals surface area contributed by atoms with Gasteiger partial charge in [-0.3, -0.25) is 9.59 Å². The molecule has 3 rings (SSSR count). The summed E-state index contributed by atoms with van der Waals surface area (Å²) in [5.41, 5.74) is 0.344. The van der Waals surface area contributed by atoms with Crippen LogP contribution in [-0.4, -0.2) is 49.1 Å². The zero-order valence-corrected chi connectivity index (χ0v) is 17.6. The summed E-state index contributed by atoms with van der Waals surface area (Å²) in [6.07, 6.45) is 2.16. The van der Waals surface area contributed by atoms with Crippen molar-refractivity contribution in [3.63, 3.8) is 0 Å². The smallest absolute Gasteiger partial charge is 0.253 e. The number of thioether (sulfide) groups is 1. The zero-order valence-electron chi connectivity index (χ0n) is 16.0. The van der Waals surface area contributed by atoms with Gasteiger partial charge in [0.15, 0.2) is 11.5 Å². The Kier molecular flexibility index (Phi) is 7.66. The van der Waals surface area contributed by atoms with Crippen LogP contribution in [0.4, 0.5) is 0 Å². The highest BCUT2D eigenvalue weighted by Crippen LogP contribution is 2.30. The Morgan fingerprint density at radius 3 is 2.66 bits per heavy atom. The second-order valence-electron chi connectivity index (χ2n) is 6.53. The number of carbonyl (C=O) groups excluding carboxylic acids is 2. The van der Waals surface area contributed by atoms with Crippen LogP contribution in [0.2, 0.25) is 5.02 Å². The molecule has 0 unspecified atom stereocenters. The molecule has 0 aliphatic carbocycles. The van der Waals surface area contributed by atoms with Gasteiger partial charge in [0.1, 0.15) is 18.8 Å². The highest BCUT2D eigenvalue weighted by molar-refractivity contribution is 7.98. The topological polar surface area (TPSA) is 76.7 Å². The van der Waals surface area contributed by atoms with Gasteiger partial charge in [0.25, 0.3) is 5.91 Å². The molecule has 0 bridgehead atoms. The summed E-state index contributed by atoms with van der Waals surface area (Å²) < 4.78 is 11.5. The van der Waals surface area contributed by atoms with Gasteiger partial charge >= 0.3 is 0 Å². The van der Waals surface area contributed by atoms with Gasteiger partial charge < -0.3 is 20.1 Å². The van der Waals surface area contributed by atoms with Gasteiger partial charge in [-0.05, 0) is 42.7 Å². The van der Waals surface area contributed by atoms with E-state index in [9.17, 15) is 9.59 Å². The molecule has 2 atom stereocenters. The molecular weight excluding hydrogens is 412 g/mol. The number of hydrogen-bond donors (Lipinski definition) is 2. The van der Waals surface area contributed by atoms with E-state index in [4.69, 9.17) is 21.1 Å². The first-order valence-electron chi connectivity index (χ1n) is 9.29. The lowest BCUT2D eigenvalue weighted by Crippen LogP contribution is -2.50. The summed E-state index contributed by atoms with van der Waals surface area (Å²) in [4.78, 5) is 25.3. The minimum atomic E-state index is -0.664. The van der Waals surface area contributed by atoms with E-state index in [0.717, 1.165) is 5.75 Å². The minimum absolute atomic E-state index is 0.262. The third-order valence-corrected chi connectivity index (χ3v) is 5.40. The molecule has 0 fully saturated rings. The Morgan fingerprint density at radius 1 is 1.17 bits per heavy atom. The van der Waals surface area contributed by atoms with Crippen LogP contribution in [0.3, 0.4) is 0 Å². The number of ether oxygens (including phenoxy) is 2. The highest BCUT2D eigenvalue weighted by atomic mass is 35.5. The molecule has 0 radical (unpaired) electrons. The van der Waals surface area contributed by atoms with Crippen LogP contribution >= 0.6 is 23.4 Å². The van der Waals surface area contributed by atoms with Crippen molar-refractivity contribution in [1.82, 2.24) is 10.6 Å². The van der Waals surface area contributed by atoms with E-state index < -0.39 is 6.04 Å². The van der Waals surface area contributed by atoms with Crippen molar-refractivity contribution < 1.29 is 19.1 Å². The molecule has 2 aromatic carbocycles. The number of para-hydroxylation sites is 2. The van der Waals surface area contributed by atoms with Crippen molar-refractivity contribution in [2.45, 2.75) is 18.6 Å². The standard InChI is InChI=1S/C21H23ClN2O4S/c1-29-11-10-17(24-20(25)15-6-2-3-7-16(15)22)21(26)23-12-14-13-27-18-8-4-5-9-19(18)28-14/h2-9,14,17H,10-13H2,1H3,(H,23,26)(H,24,25)/t14-,17-/m1/s1. The van der Waals surface area contributed by atoms with Gasteiger partial charge in [0, 0.05) is 0 Å². The SMILES string of the molecule is CSCC[C@@H](NC(=O)c1ccccc1Cl)C(=O)NC[C@@H]1COc2ccccc2O1. The van der Waals surface area contributed by atoms with Crippen LogP contribution in [0.25, 0.3) is 0 Å². The van der Waals surface area contributed by atoms with Crippen molar-refractivity contribution in [2.75, 3.05) is 25.2 Å². The van der Waals surface area contributed by atoms with Gasteiger partial charge in [-0.15, -0.1) is 0 Å². The summed E-state index contributed by atoms with van der Waals surface area (Å²) in [6, 6.07) is 13.5. The van der Waals surface area contributed by atoms with Gasteiger partial charge in [0.2, 0.25) is 5.91 Å². The van der Waals surface area contributed by atoms with E-state index in [1.807, 2.05) is 30.5 Å². The third-order valence-electron chi connectivity index (χ3n) is 4.42. The first-order valence-corrected chi connectivity index (χ1v) is 11.1. The Morgan fingerprint density at radius 2 is 1.90 bits per heavy atom. The number of halogens is 1. The summed E-state index contributed by atoms with van der Waals surface area (Å²) in [7, 11) is 0. The number of amides is 2. The highest BCUT2D eigenvalue weighted by Gasteiger charge is 2.25. The number of carbonyl (C=O) groups is 2. The second-order valence-corrected chi connectivity index (χ2v) is 7.92. The van der Waals surface area contributed by atoms with Gasteiger partial charge in [-0.2, -0.15) is 11.8 Å². The average Bonchev–Trinajstić information content (AvgIpc) is 2.75. The molecule has 6 nitrogen and oxygen atoms in total. The predicted molar refractivity (Wildman–Crippen MR) is 115 cm³/mol. The predicted octanol–water partition coefficient (Wildman–Crippen LogP) is 3.15. The summed E-state index contributed by atoms with van der Waals surface area (Å²) in [5.74, 6) is 1.45. The summed E-state index contributed by atoms with van der Waals surface area (Å²) in [5, 5.41) is 6.00. The molecule has 29 heavy (non-hydrogen) atoms.